The number of rotatable bonds is 4. The van der Waals surface area contributed by atoms with Crippen LogP contribution in [0.25, 0.3) is 22.4 Å². The Labute approximate surface area is 177 Å². The molecule has 9 heteroatoms. The second kappa shape index (κ2) is 7.59. The number of oxazole rings is 1. The van der Waals surface area contributed by atoms with E-state index >= 15 is 0 Å². The largest absolute Gasteiger partial charge is 0.420 e. The van der Waals surface area contributed by atoms with Gasteiger partial charge in [0.15, 0.2) is 11.4 Å². The summed E-state index contributed by atoms with van der Waals surface area (Å²) in [6.45, 7) is 5.46. The van der Waals surface area contributed by atoms with E-state index in [1.165, 1.54) is 10.1 Å². The van der Waals surface area contributed by atoms with Crippen molar-refractivity contribution in [3.63, 3.8) is 0 Å². The van der Waals surface area contributed by atoms with Gasteiger partial charge in [-0.25, -0.2) is 24.1 Å². The Balaban J connectivity index is 1.52. The summed E-state index contributed by atoms with van der Waals surface area (Å²) in [6, 6.07) is 8.81. The summed E-state index contributed by atoms with van der Waals surface area (Å²) in [6.07, 6.45) is 1.98. The zero-order valence-corrected chi connectivity index (χ0v) is 17.1. The maximum atomic E-state index is 14.6. The van der Waals surface area contributed by atoms with E-state index in [1.54, 1.807) is 18.2 Å². The third-order valence-electron chi connectivity index (χ3n) is 5.31. The number of nitrogens with zero attached hydrogens (tertiary/aromatic N) is 4. The number of fused-ring (bicyclic) bond motifs is 2. The maximum absolute atomic E-state index is 14.6. The summed E-state index contributed by atoms with van der Waals surface area (Å²) in [5, 5.41) is 6.38. The van der Waals surface area contributed by atoms with E-state index < -0.39 is 11.6 Å². The molecular weight excluding hydrogens is 399 g/mol. The van der Waals surface area contributed by atoms with Crippen molar-refractivity contribution in [1.29, 1.82) is 0 Å². The number of hydrogen-bond acceptors (Lipinski definition) is 7. The normalized spacial score (nSPS) is 13.5. The van der Waals surface area contributed by atoms with Crippen molar-refractivity contribution < 1.29 is 8.81 Å². The number of anilines is 2. The van der Waals surface area contributed by atoms with Crippen molar-refractivity contribution in [2.45, 2.75) is 32.9 Å². The average molecular weight is 420 g/mol. The van der Waals surface area contributed by atoms with Crippen molar-refractivity contribution >= 4 is 22.9 Å². The summed E-state index contributed by atoms with van der Waals surface area (Å²) < 4.78 is 21.4. The van der Waals surface area contributed by atoms with Gasteiger partial charge in [0.2, 0.25) is 5.95 Å². The predicted molar refractivity (Wildman–Crippen MR) is 115 cm³/mol. The summed E-state index contributed by atoms with van der Waals surface area (Å²) in [4.78, 5) is 25.2. The molecule has 158 valence electrons. The molecule has 31 heavy (non-hydrogen) atoms. The zero-order valence-electron chi connectivity index (χ0n) is 17.1. The van der Waals surface area contributed by atoms with Crippen LogP contribution in [0.1, 0.15) is 31.1 Å². The summed E-state index contributed by atoms with van der Waals surface area (Å²) in [7, 11) is 0. The van der Waals surface area contributed by atoms with Crippen LogP contribution in [0.15, 0.2) is 45.7 Å². The first-order valence-electron chi connectivity index (χ1n) is 10.1. The first kappa shape index (κ1) is 19.4. The molecule has 0 atom stereocenters. The SMILES string of the molecule is CC(C)n1c(=O)oc2ccc(-c3nc(Nc4ccc5c(n4)CCNC5)ncc3F)cc21. The van der Waals surface area contributed by atoms with E-state index in [9.17, 15) is 9.18 Å². The molecule has 1 aliphatic rings. The molecule has 0 saturated carbocycles. The van der Waals surface area contributed by atoms with Crippen LogP contribution in [0.5, 0.6) is 0 Å². The summed E-state index contributed by atoms with van der Waals surface area (Å²) in [5.74, 6) is -0.152. The highest BCUT2D eigenvalue weighted by molar-refractivity contribution is 5.80. The second-order valence-electron chi connectivity index (χ2n) is 7.76. The molecule has 0 bridgehead atoms. The van der Waals surface area contributed by atoms with Gasteiger partial charge in [0, 0.05) is 36.8 Å². The lowest BCUT2D eigenvalue weighted by atomic mass is 10.1. The molecular formula is C22H21FN6O2. The third kappa shape index (κ3) is 3.57. The second-order valence-corrected chi connectivity index (χ2v) is 7.76. The molecule has 4 aromatic rings. The highest BCUT2D eigenvalue weighted by Gasteiger charge is 2.16. The number of pyridine rings is 1. The van der Waals surface area contributed by atoms with Gasteiger partial charge in [0.05, 0.1) is 11.7 Å². The number of nitrogens with one attached hydrogen (secondary N) is 2. The fourth-order valence-electron chi connectivity index (χ4n) is 3.82. The van der Waals surface area contributed by atoms with Gasteiger partial charge >= 0.3 is 5.76 Å². The molecule has 3 aromatic heterocycles. The van der Waals surface area contributed by atoms with Gasteiger partial charge in [-0.2, -0.15) is 0 Å². The Hall–Kier alpha value is -3.59. The van der Waals surface area contributed by atoms with Gasteiger partial charge < -0.3 is 15.1 Å². The number of benzene rings is 1. The van der Waals surface area contributed by atoms with Gasteiger partial charge in [-0.05, 0) is 43.7 Å². The number of aromatic nitrogens is 4. The maximum Gasteiger partial charge on any atom is 0.420 e. The van der Waals surface area contributed by atoms with Crippen LogP contribution in [-0.4, -0.2) is 26.1 Å². The Kier molecular flexibility index (Phi) is 4.74. The van der Waals surface area contributed by atoms with Gasteiger partial charge in [-0.15, -0.1) is 0 Å². The lowest BCUT2D eigenvalue weighted by Gasteiger charge is -2.17. The van der Waals surface area contributed by atoms with Crippen LogP contribution in [0.4, 0.5) is 16.2 Å². The number of halogens is 1. The van der Waals surface area contributed by atoms with Crippen molar-refractivity contribution in [3.8, 4) is 11.3 Å². The Bertz CT molecular complexity index is 1340. The van der Waals surface area contributed by atoms with Crippen molar-refractivity contribution in [2.24, 2.45) is 0 Å². The highest BCUT2D eigenvalue weighted by Crippen LogP contribution is 2.27. The van der Waals surface area contributed by atoms with Crippen LogP contribution in [-0.2, 0) is 13.0 Å². The molecule has 8 nitrogen and oxygen atoms in total. The van der Waals surface area contributed by atoms with Gasteiger partial charge in [0.25, 0.3) is 0 Å². The fraction of sp³-hybridized carbons (Fsp3) is 0.273. The average Bonchev–Trinajstić information content (AvgIpc) is 3.10. The minimum Gasteiger partial charge on any atom is -0.408 e. The lowest BCUT2D eigenvalue weighted by molar-refractivity contribution is 0.478. The fourth-order valence-corrected chi connectivity index (χ4v) is 3.82. The molecule has 0 radical (unpaired) electrons. The molecule has 0 amide bonds. The van der Waals surface area contributed by atoms with E-state index in [2.05, 4.69) is 25.6 Å². The predicted octanol–water partition coefficient (Wildman–Crippen LogP) is 3.56. The van der Waals surface area contributed by atoms with Crippen molar-refractivity contribution in [2.75, 3.05) is 11.9 Å². The molecule has 1 aliphatic heterocycles. The summed E-state index contributed by atoms with van der Waals surface area (Å²) in [5.41, 5.74) is 3.89. The van der Waals surface area contributed by atoms with E-state index in [4.69, 9.17) is 4.42 Å². The topological polar surface area (TPSA) is 97.9 Å². The standard InChI is InChI=1S/C22H21FN6O2/c1-12(2)29-17-9-13(3-5-18(17)31-22(29)30)20-15(23)11-25-21(28-20)27-19-6-4-14-10-24-8-7-16(14)26-19/h3-6,9,11-12,24H,7-8,10H2,1-2H3,(H,25,26,27,28). The molecule has 0 unspecified atom stereocenters. The first-order chi connectivity index (χ1) is 15.0. The Morgan fingerprint density at radius 3 is 2.94 bits per heavy atom. The zero-order chi connectivity index (χ0) is 21.5. The molecule has 0 saturated heterocycles. The van der Waals surface area contributed by atoms with Crippen molar-refractivity contribution in [3.05, 3.63) is 64.2 Å². The first-order valence-corrected chi connectivity index (χ1v) is 10.1. The number of hydrogen-bond donors (Lipinski definition) is 2. The minimum absolute atomic E-state index is 0.0956. The van der Waals surface area contributed by atoms with E-state index in [1.807, 2.05) is 26.0 Å². The highest BCUT2D eigenvalue weighted by atomic mass is 19.1. The van der Waals surface area contributed by atoms with Crippen LogP contribution < -0.4 is 16.4 Å². The van der Waals surface area contributed by atoms with E-state index in [0.29, 0.717) is 22.5 Å². The third-order valence-corrected chi connectivity index (χ3v) is 5.31. The molecule has 4 heterocycles. The molecule has 0 aliphatic carbocycles. The lowest BCUT2D eigenvalue weighted by Crippen LogP contribution is -2.24. The summed E-state index contributed by atoms with van der Waals surface area (Å²) >= 11 is 0. The van der Waals surface area contributed by atoms with Crippen LogP contribution >= 0.6 is 0 Å². The molecule has 5 rings (SSSR count). The van der Waals surface area contributed by atoms with E-state index in [-0.39, 0.29) is 17.7 Å². The van der Waals surface area contributed by atoms with E-state index in [0.717, 1.165) is 31.4 Å². The van der Waals surface area contributed by atoms with Crippen LogP contribution in [0, 0.1) is 5.82 Å². The Morgan fingerprint density at radius 2 is 2.10 bits per heavy atom. The van der Waals surface area contributed by atoms with Crippen molar-refractivity contribution in [1.82, 2.24) is 24.8 Å². The monoisotopic (exact) mass is 420 g/mol. The Morgan fingerprint density at radius 1 is 1.23 bits per heavy atom. The molecule has 2 N–H and O–H groups in total. The van der Waals surface area contributed by atoms with Gasteiger partial charge in [-0.1, -0.05) is 6.07 Å². The molecule has 0 fully saturated rings. The smallest absolute Gasteiger partial charge is 0.408 e. The quantitative estimate of drug-likeness (QED) is 0.521. The van der Waals surface area contributed by atoms with Crippen LogP contribution in [0.2, 0.25) is 0 Å². The van der Waals surface area contributed by atoms with Crippen LogP contribution in [0.3, 0.4) is 0 Å². The van der Waals surface area contributed by atoms with Gasteiger partial charge in [-0.3, -0.25) is 4.57 Å². The van der Waals surface area contributed by atoms with Gasteiger partial charge in [0.1, 0.15) is 11.5 Å². The minimum atomic E-state index is -0.559. The molecule has 1 aromatic carbocycles. The molecule has 0 spiro atoms.